The van der Waals surface area contributed by atoms with Gasteiger partial charge >= 0.3 is 0 Å². The summed E-state index contributed by atoms with van der Waals surface area (Å²) in [4.78, 5) is 2.13. The average molecular weight is 188 g/mol. The van der Waals surface area contributed by atoms with Gasteiger partial charge in [-0.1, -0.05) is 0 Å². The minimum Gasteiger partial charge on any atom is -0.354 e. The van der Waals surface area contributed by atoms with Crippen molar-refractivity contribution in [2.24, 2.45) is 5.92 Å². The van der Waals surface area contributed by atoms with Crippen molar-refractivity contribution in [1.29, 1.82) is 5.26 Å². The first-order valence-electron chi connectivity index (χ1n) is 4.82. The molecule has 4 heteroatoms. The van der Waals surface area contributed by atoms with Crippen LogP contribution < -0.4 is 4.90 Å². The van der Waals surface area contributed by atoms with E-state index in [2.05, 4.69) is 21.2 Å². The second kappa shape index (κ2) is 4.05. The van der Waals surface area contributed by atoms with Gasteiger partial charge in [-0.25, -0.2) is 0 Å². The van der Waals surface area contributed by atoms with Crippen molar-refractivity contribution >= 4 is 5.82 Å². The van der Waals surface area contributed by atoms with Gasteiger partial charge in [-0.3, -0.25) is 0 Å². The van der Waals surface area contributed by atoms with Gasteiger partial charge in [0, 0.05) is 19.3 Å². The Morgan fingerprint density at radius 3 is 3.21 bits per heavy atom. The van der Waals surface area contributed by atoms with Crippen LogP contribution in [0.1, 0.15) is 12.8 Å². The minimum absolute atomic E-state index is 0.144. The van der Waals surface area contributed by atoms with Crippen LogP contribution in [0.3, 0.4) is 0 Å². The lowest BCUT2D eigenvalue weighted by Crippen LogP contribution is -2.35. The van der Waals surface area contributed by atoms with Gasteiger partial charge in [0.1, 0.15) is 0 Å². The van der Waals surface area contributed by atoms with Crippen LogP contribution in [-0.2, 0) is 0 Å². The van der Waals surface area contributed by atoms with E-state index in [1.165, 1.54) is 0 Å². The molecule has 0 aromatic carbocycles. The zero-order chi connectivity index (χ0) is 9.80. The molecular weight excluding hydrogens is 176 g/mol. The molecule has 0 amide bonds. The zero-order valence-corrected chi connectivity index (χ0v) is 7.93. The summed E-state index contributed by atoms with van der Waals surface area (Å²) in [6.07, 6.45) is 3.73. The predicted octanol–water partition coefficient (Wildman–Crippen LogP) is 1.22. The van der Waals surface area contributed by atoms with E-state index < -0.39 is 0 Å². The van der Waals surface area contributed by atoms with Gasteiger partial charge in [-0.2, -0.15) is 10.4 Å². The third-order valence-electron chi connectivity index (χ3n) is 2.49. The number of aromatic nitrogens is 2. The summed E-state index contributed by atoms with van der Waals surface area (Å²) in [6.45, 7) is 1.77. The van der Waals surface area contributed by atoms with Crippen LogP contribution >= 0.6 is 0 Å². The quantitative estimate of drug-likeness (QED) is 0.664. The molecule has 1 aliphatic rings. The highest BCUT2D eigenvalue weighted by atomic mass is 15.3. The smallest absolute Gasteiger partial charge is 0.151 e. The van der Waals surface area contributed by atoms with E-state index in [4.69, 9.17) is 5.26 Å². The second-order valence-corrected chi connectivity index (χ2v) is 3.50. The number of piperidine rings is 1. The highest BCUT2D eigenvalue weighted by Gasteiger charge is 2.20. The van der Waals surface area contributed by atoms with E-state index in [0.717, 1.165) is 31.7 Å². The number of hydrogen-bond donors (Lipinski definition) is 0. The van der Waals surface area contributed by atoms with Gasteiger partial charge in [0.25, 0.3) is 0 Å². The van der Waals surface area contributed by atoms with Gasteiger partial charge in [-0.05, 0) is 25.0 Å². The van der Waals surface area contributed by atoms with Crippen LogP contribution in [0.25, 0.3) is 0 Å². The van der Waals surface area contributed by atoms with Gasteiger partial charge in [0.05, 0.1) is 12.0 Å². The van der Waals surface area contributed by atoms with Crippen LogP contribution in [0.15, 0.2) is 18.3 Å². The average Bonchev–Trinajstić information content (AvgIpc) is 2.30. The van der Waals surface area contributed by atoms with Gasteiger partial charge in [0.15, 0.2) is 5.82 Å². The highest BCUT2D eigenvalue weighted by molar-refractivity contribution is 5.37. The van der Waals surface area contributed by atoms with E-state index in [-0.39, 0.29) is 5.92 Å². The van der Waals surface area contributed by atoms with Crippen LogP contribution in [0.2, 0.25) is 0 Å². The molecule has 1 aromatic rings. The Hall–Kier alpha value is -1.63. The Labute approximate surface area is 83.2 Å². The maximum absolute atomic E-state index is 8.84. The lowest BCUT2D eigenvalue weighted by atomic mass is 10.00. The summed E-state index contributed by atoms with van der Waals surface area (Å²) < 4.78 is 0. The van der Waals surface area contributed by atoms with Crippen LogP contribution in [0.4, 0.5) is 5.82 Å². The van der Waals surface area contributed by atoms with Crippen molar-refractivity contribution in [3.63, 3.8) is 0 Å². The Morgan fingerprint density at radius 1 is 1.57 bits per heavy atom. The number of rotatable bonds is 1. The molecule has 0 bridgehead atoms. The maximum atomic E-state index is 8.84. The summed E-state index contributed by atoms with van der Waals surface area (Å²) in [5.41, 5.74) is 0. The number of hydrogen-bond acceptors (Lipinski definition) is 4. The largest absolute Gasteiger partial charge is 0.354 e. The molecule has 0 radical (unpaired) electrons. The Morgan fingerprint density at radius 2 is 2.50 bits per heavy atom. The first-order chi connectivity index (χ1) is 6.90. The van der Waals surface area contributed by atoms with Gasteiger partial charge in [-0.15, -0.1) is 5.10 Å². The fourth-order valence-electron chi connectivity index (χ4n) is 1.75. The molecule has 1 aromatic heterocycles. The predicted molar refractivity (Wildman–Crippen MR) is 52.6 cm³/mol. The molecule has 0 saturated carbocycles. The molecule has 2 rings (SSSR count). The molecule has 4 nitrogen and oxygen atoms in total. The summed E-state index contributed by atoms with van der Waals surface area (Å²) in [6, 6.07) is 6.12. The fraction of sp³-hybridized carbons (Fsp3) is 0.500. The van der Waals surface area contributed by atoms with Crippen molar-refractivity contribution in [3.05, 3.63) is 18.3 Å². The van der Waals surface area contributed by atoms with Crippen molar-refractivity contribution in [1.82, 2.24) is 10.2 Å². The SMILES string of the molecule is N#CC1CCCN(c2cccnn2)C1. The van der Waals surface area contributed by atoms with Crippen molar-refractivity contribution in [2.45, 2.75) is 12.8 Å². The fourth-order valence-corrected chi connectivity index (χ4v) is 1.75. The molecule has 1 fully saturated rings. The lowest BCUT2D eigenvalue weighted by molar-refractivity contribution is 0.489. The van der Waals surface area contributed by atoms with Gasteiger partial charge < -0.3 is 4.90 Å². The minimum atomic E-state index is 0.144. The maximum Gasteiger partial charge on any atom is 0.151 e. The molecule has 0 spiro atoms. The summed E-state index contributed by atoms with van der Waals surface area (Å²) in [5.74, 6) is 1.03. The van der Waals surface area contributed by atoms with E-state index in [1.54, 1.807) is 6.20 Å². The molecular formula is C10H12N4. The third-order valence-corrected chi connectivity index (χ3v) is 2.49. The Kier molecular flexibility index (Phi) is 2.59. The molecule has 2 heterocycles. The number of nitrogens with zero attached hydrogens (tertiary/aromatic N) is 4. The van der Waals surface area contributed by atoms with Crippen molar-refractivity contribution in [3.8, 4) is 6.07 Å². The highest BCUT2D eigenvalue weighted by Crippen LogP contribution is 2.19. The summed E-state index contributed by atoms with van der Waals surface area (Å²) >= 11 is 0. The normalized spacial score (nSPS) is 21.6. The van der Waals surface area contributed by atoms with E-state index in [0.29, 0.717) is 0 Å². The molecule has 1 unspecified atom stereocenters. The van der Waals surface area contributed by atoms with Crippen LogP contribution in [0, 0.1) is 17.2 Å². The molecule has 1 atom stereocenters. The molecule has 0 N–H and O–H groups in total. The summed E-state index contributed by atoms with van der Waals surface area (Å²) in [5, 5.41) is 16.7. The van der Waals surface area contributed by atoms with Crippen molar-refractivity contribution < 1.29 is 0 Å². The van der Waals surface area contributed by atoms with Gasteiger partial charge in [0.2, 0.25) is 0 Å². The molecule has 0 aliphatic carbocycles. The molecule has 14 heavy (non-hydrogen) atoms. The number of anilines is 1. The molecule has 1 aliphatic heterocycles. The first-order valence-corrected chi connectivity index (χ1v) is 4.82. The third kappa shape index (κ3) is 1.82. The lowest BCUT2D eigenvalue weighted by Gasteiger charge is -2.29. The first kappa shape index (κ1) is 8.95. The standard InChI is InChI=1S/C10H12N4/c11-7-9-3-2-6-14(8-9)10-4-1-5-12-13-10/h1,4-5,9H,2-3,6,8H2. The van der Waals surface area contributed by atoms with E-state index in [9.17, 15) is 0 Å². The van der Waals surface area contributed by atoms with Crippen LogP contribution in [0.5, 0.6) is 0 Å². The Balaban J connectivity index is 2.09. The zero-order valence-electron chi connectivity index (χ0n) is 7.93. The monoisotopic (exact) mass is 188 g/mol. The topological polar surface area (TPSA) is 52.8 Å². The van der Waals surface area contributed by atoms with E-state index >= 15 is 0 Å². The van der Waals surface area contributed by atoms with E-state index in [1.807, 2.05) is 12.1 Å². The molecule has 1 saturated heterocycles. The van der Waals surface area contributed by atoms with Crippen LogP contribution in [-0.4, -0.2) is 23.3 Å². The number of nitriles is 1. The van der Waals surface area contributed by atoms with Crippen molar-refractivity contribution in [2.75, 3.05) is 18.0 Å². The Bertz CT molecular complexity index is 330. The summed E-state index contributed by atoms with van der Waals surface area (Å²) in [7, 11) is 0. The molecule has 72 valence electrons. The second-order valence-electron chi connectivity index (χ2n) is 3.50.